The quantitative estimate of drug-likeness (QED) is 0.405. The monoisotopic (exact) mass is 487 g/mol. The highest BCUT2D eigenvalue weighted by atomic mass is 32.2. The summed E-state index contributed by atoms with van der Waals surface area (Å²) in [4.78, 5) is 31.6. The van der Waals surface area contributed by atoms with Crippen LogP contribution in [0.4, 0.5) is 11.4 Å². The van der Waals surface area contributed by atoms with Crippen LogP contribution in [0, 0.1) is 0 Å². The number of carbonyl (C=O) groups is 1. The first-order valence-electron chi connectivity index (χ1n) is 11.1. The van der Waals surface area contributed by atoms with Crippen molar-refractivity contribution >= 4 is 62.1 Å². The van der Waals surface area contributed by atoms with Gasteiger partial charge in [-0.25, -0.2) is 0 Å². The van der Waals surface area contributed by atoms with E-state index in [0.29, 0.717) is 21.3 Å². The van der Waals surface area contributed by atoms with Crippen molar-refractivity contribution in [3.8, 4) is 0 Å². The number of aromatic nitrogens is 1. The van der Waals surface area contributed by atoms with E-state index >= 15 is 0 Å². The average Bonchev–Trinajstić information content (AvgIpc) is 3.34. The molecule has 1 aromatic heterocycles. The minimum atomic E-state index is -0.105. The van der Waals surface area contributed by atoms with E-state index < -0.39 is 0 Å². The molecule has 4 aromatic rings. The maximum atomic E-state index is 13.4. The summed E-state index contributed by atoms with van der Waals surface area (Å²) in [5.74, 6) is -0.105. The van der Waals surface area contributed by atoms with E-state index in [4.69, 9.17) is 0 Å². The van der Waals surface area contributed by atoms with Crippen LogP contribution in [0.5, 0.6) is 0 Å². The molecule has 1 aliphatic rings. The molecule has 0 saturated heterocycles. The number of hydrogen-bond donors (Lipinski definition) is 0. The Bertz CT molecular complexity index is 1600. The zero-order valence-corrected chi connectivity index (χ0v) is 21.2. The second-order valence-electron chi connectivity index (χ2n) is 8.37. The standard InChI is InChI=1S/C27H25N3O2S2/c1-5-30-23(16-22(31)18-10-13-19(14-11-18)28(2)3)33-25(26(30)32)27-29(4)21-15-12-17-8-6-7-9-20(17)24(21)34-27/h6-16H,5H2,1-4H3/b23-16+,27-25-. The van der Waals surface area contributed by atoms with Crippen molar-refractivity contribution in [2.75, 3.05) is 30.9 Å². The molecule has 0 unspecified atom stereocenters. The van der Waals surface area contributed by atoms with Crippen LogP contribution >= 0.6 is 23.1 Å². The van der Waals surface area contributed by atoms with Crippen LogP contribution in [0.1, 0.15) is 17.3 Å². The van der Waals surface area contributed by atoms with Gasteiger partial charge in [-0.3, -0.25) is 14.2 Å². The zero-order chi connectivity index (χ0) is 24.0. The lowest BCUT2D eigenvalue weighted by Crippen LogP contribution is -2.33. The normalized spacial score (nSPS) is 15.2. The number of carbonyl (C=O) groups excluding carboxylic acids is 1. The number of Topliss-reactive ketones (excluding diaryl/α,β-unsaturated/α-hetero) is 1. The van der Waals surface area contributed by atoms with Gasteiger partial charge in [-0.15, -0.1) is 11.3 Å². The summed E-state index contributed by atoms with van der Waals surface area (Å²) in [6.45, 7) is 2.44. The molecule has 0 bridgehead atoms. The number of nitrogens with zero attached hydrogens (tertiary/aromatic N) is 3. The average molecular weight is 488 g/mol. The number of benzene rings is 3. The van der Waals surface area contributed by atoms with Crippen LogP contribution in [-0.4, -0.2) is 31.5 Å². The smallest absolute Gasteiger partial charge is 0.271 e. The van der Waals surface area contributed by atoms with Gasteiger partial charge < -0.3 is 9.80 Å². The molecule has 0 atom stereocenters. The highest BCUT2D eigenvalue weighted by molar-refractivity contribution is 8.09. The molecule has 0 fully saturated rings. The Labute approximate surface area is 206 Å². The Kier molecular flexibility index (Phi) is 5.83. The van der Waals surface area contributed by atoms with E-state index in [9.17, 15) is 9.59 Å². The van der Waals surface area contributed by atoms with Gasteiger partial charge in [0.1, 0.15) is 14.2 Å². The lowest BCUT2D eigenvalue weighted by molar-refractivity contribution is 0.106. The van der Waals surface area contributed by atoms with Crippen molar-refractivity contribution in [2.45, 2.75) is 18.4 Å². The Balaban J connectivity index is 1.62. The molecule has 5 nitrogen and oxygen atoms in total. The maximum absolute atomic E-state index is 13.4. The number of thiazole rings is 1. The van der Waals surface area contributed by atoms with E-state index in [2.05, 4.69) is 29.2 Å². The van der Waals surface area contributed by atoms with Crippen LogP contribution in [0.15, 0.2) is 70.4 Å². The second kappa shape index (κ2) is 8.81. The minimum Gasteiger partial charge on any atom is -0.378 e. The fourth-order valence-electron chi connectivity index (χ4n) is 4.16. The molecule has 0 N–H and O–H groups in total. The van der Waals surface area contributed by atoms with Gasteiger partial charge in [0, 0.05) is 49.9 Å². The maximum Gasteiger partial charge on any atom is 0.271 e. The van der Waals surface area contributed by atoms with Gasteiger partial charge in [-0.05, 0) is 48.0 Å². The van der Waals surface area contributed by atoms with Crippen LogP contribution in [0.25, 0.3) is 21.9 Å². The lowest BCUT2D eigenvalue weighted by atomic mass is 10.1. The third-order valence-corrected chi connectivity index (χ3v) is 8.62. The van der Waals surface area contributed by atoms with E-state index in [1.54, 1.807) is 22.4 Å². The van der Waals surface area contributed by atoms with Crippen molar-refractivity contribution < 1.29 is 4.79 Å². The molecule has 5 rings (SSSR count). The fourth-order valence-corrected chi connectivity index (χ4v) is 6.75. The van der Waals surface area contributed by atoms with Gasteiger partial charge in [-0.2, -0.15) is 0 Å². The van der Waals surface area contributed by atoms with Crippen LogP contribution in [0.2, 0.25) is 0 Å². The molecule has 1 aliphatic heterocycles. The first kappa shape index (κ1) is 22.5. The van der Waals surface area contributed by atoms with E-state index in [1.165, 1.54) is 22.1 Å². The van der Waals surface area contributed by atoms with Gasteiger partial charge in [0.05, 0.1) is 5.69 Å². The Morgan fingerprint density at radius 1 is 1.03 bits per heavy atom. The molecule has 7 heteroatoms. The van der Waals surface area contributed by atoms with Gasteiger partial charge in [0.2, 0.25) is 0 Å². The molecule has 0 amide bonds. The first-order chi connectivity index (χ1) is 16.4. The van der Waals surface area contributed by atoms with E-state index in [0.717, 1.165) is 21.3 Å². The number of fused-ring (bicyclic) bond motifs is 3. The molecular weight excluding hydrogens is 462 g/mol. The predicted molar refractivity (Wildman–Crippen MR) is 145 cm³/mol. The molecular formula is C27H25N3O2S2. The summed E-state index contributed by atoms with van der Waals surface area (Å²) in [5, 5.41) is 3.27. The molecule has 3 aromatic carbocycles. The molecule has 0 radical (unpaired) electrons. The number of ketones is 1. The number of anilines is 2. The van der Waals surface area contributed by atoms with E-state index in [1.807, 2.05) is 69.4 Å². The van der Waals surface area contributed by atoms with Gasteiger partial charge in [0.15, 0.2) is 5.78 Å². The van der Waals surface area contributed by atoms with Gasteiger partial charge >= 0.3 is 0 Å². The fraction of sp³-hybridized carbons (Fsp3) is 0.185. The van der Waals surface area contributed by atoms with Gasteiger partial charge in [0.25, 0.3) is 5.56 Å². The second-order valence-corrected chi connectivity index (χ2v) is 10.4. The first-order valence-corrected chi connectivity index (χ1v) is 12.7. The van der Waals surface area contributed by atoms with Crippen molar-refractivity contribution in [2.24, 2.45) is 0 Å². The van der Waals surface area contributed by atoms with Crippen molar-refractivity contribution in [1.82, 2.24) is 4.57 Å². The minimum absolute atomic E-state index is 0.0547. The number of thioether (sulfide) groups is 1. The largest absolute Gasteiger partial charge is 0.378 e. The highest BCUT2D eigenvalue weighted by Crippen LogP contribution is 2.48. The topological polar surface area (TPSA) is 45.6 Å². The van der Waals surface area contributed by atoms with Gasteiger partial charge in [-0.1, -0.05) is 42.1 Å². The third kappa shape index (κ3) is 3.75. The molecule has 0 aliphatic carbocycles. The molecule has 2 heterocycles. The Hall–Kier alpha value is -3.29. The van der Waals surface area contributed by atoms with Crippen LogP contribution in [0.3, 0.4) is 0 Å². The Morgan fingerprint density at radius 2 is 1.76 bits per heavy atom. The summed E-state index contributed by atoms with van der Waals surface area (Å²) < 4.78 is 3.03. The SMILES string of the molecule is CCn1c(=O)/c(=C2/Sc3c(ccc4ccccc34)N2C)s/c1=C/C(=O)c1ccc(N(C)C)cc1. The molecule has 0 saturated carbocycles. The highest BCUT2D eigenvalue weighted by Gasteiger charge is 2.26. The summed E-state index contributed by atoms with van der Waals surface area (Å²) in [7, 11) is 5.93. The summed E-state index contributed by atoms with van der Waals surface area (Å²) >= 11 is 3.01. The van der Waals surface area contributed by atoms with Crippen LogP contribution < -0.4 is 24.6 Å². The summed E-state index contributed by atoms with van der Waals surface area (Å²) in [5.41, 5.74) is 2.68. The Morgan fingerprint density at radius 3 is 2.47 bits per heavy atom. The zero-order valence-electron chi connectivity index (χ0n) is 19.5. The van der Waals surface area contributed by atoms with Crippen molar-refractivity contribution in [3.05, 3.63) is 85.8 Å². The third-order valence-electron chi connectivity index (χ3n) is 6.07. The van der Waals surface area contributed by atoms with Crippen molar-refractivity contribution in [1.29, 1.82) is 0 Å². The lowest BCUT2D eigenvalue weighted by Gasteiger charge is -2.12. The van der Waals surface area contributed by atoms with Crippen LogP contribution in [-0.2, 0) is 6.54 Å². The molecule has 172 valence electrons. The molecule has 0 spiro atoms. The summed E-state index contributed by atoms with van der Waals surface area (Å²) in [6.07, 6.45) is 1.59. The summed E-state index contributed by atoms with van der Waals surface area (Å²) in [6, 6.07) is 20.0. The molecule has 34 heavy (non-hydrogen) atoms. The number of hydrogen-bond acceptors (Lipinski definition) is 6. The van der Waals surface area contributed by atoms with Crippen molar-refractivity contribution in [3.63, 3.8) is 0 Å². The number of rotatable bonds is 4. The predicted octanol–water partition coefficient (Wildman–Crippen LogP) is 4.12. The van der Waals surface area contributed by atoms with E-state index in [-0.39, 0.29) is 11.3 Å².